The fourth-order valence-electron chi connectivity index (χ4n) is 1.30. The Morgan fingerprint density at radius 3 is 1.76 bits per heavy atom. The minimum Gasteiger partial charge on any atom is -0.457 e. The largest absolute Gasteiger partial charge is 2.00 e. The summed E-state index contributed by atoms with van der Waals surface area (Å²) in [7, 11) is 0. The predicted octanol–water partition coefficient (Wildman–Crippen LogP) is -3.27. The van der Waals surface area contributed by atoms with Crippen molar-refractivity contribution < 1.29 is 28.0 Å². The molecular formula is C10H12MnN12O2+2. The van der Waals surface area contributed by atoms with Gasteiger partial charge in [0, 0.05) is 24.8 Å². The molecule has 4 rings (SSSR count). The van der Waals surface area contributed by atoms with Crippen LogP contribution in [0, 0.1) is 0 Å². The first-order chi connectivity index (χ1) is 10.9. The number of hydrogen-bond acceptors (Lipinski definition) is 10. The Bertz CT molecular complexity index is 714. The molecule has 0 aliphatic carbocycles. The van der Waals surface area contributed by atoms with Crippen molar-refractivity contribution in [3.05, 3.63) is 36.9 Å². The Kier molecular flexibility index (Phi) is 9.83. The van der Waals surface area contributed by atoms with Gasteiger partial charge in [-0.15, -0.1) is 0 Å². The molecule has 1 radical (unpaired) electrons. The van der Waals surface area contributed by atoms with Crippen molar-refractivity contribution >= 4 is 0 Å². The van der Waals surface area contributed by atoms with Crippen LogP contribution in [0.1, 0.15) is 0 Å². The Morgan fingerprint density at radius 1 is 0.680 bits per heavy atom. The predicted molar refractivity (Wildman–Crippen MR) is 78.1 cm³/mol. The third-order valence-corrected chi connectivity index (χ3v) is 2.17. The maximum absolute atomic E-state index is 3.91. The smallest absolute Gasteiger partial charge is 0.457 e. The van der Waals surface area contributed by atoms with Crippen LogP contribution in [0.5, 0.6) is 0 Å². The van der Waals surface area contributed by atoms with E-state index in [0.717, 1.165) is 0 Å². The van der Waals surface area contributed by atoms with Crippen molar-refractivity contribution in [2.75, 3.05) is 0 Å². The van der Waals surface area contributed by atoms with Crippen LogP contribution in [-0.2, 0) is 28.0 Å². The Balaban J connectivity index is 0.000000411. The van der Waals surface area contributed by atoms with Gasteiger partial charge in [0.15, 0.2) is 11.6 Å². The van der Waals surface area contributed by atoms with Crippen molar-refractivity contribution in [2.45, 2.75) is 0 Å². The van der Waals surface area contributed by atoms with Crippen LogP contribution >= 0.6 is 0 Å². The molecule has 0 saturated heterocycles. The van der Waals surface area contributed by atoms with Crippen molar-refractivity contribution in [3.8, 4) is 23.3 Å². The second kappa shape index (κ2) is 11.3. The van der Waals surface area contributed by atoms with Gasteiger partial charge in [-0.25, -0.2) is 25.0 Å². The van der Waals surface area contributed by atoms with Gasteiger partial charge in [-0.05, 0) is 12.1 Å². The summed E-state index contributed by atoms with van der Waals surface area (Å²) in [5.41, 5.74) is 0. The molecule has 4 aromatic rings. The average Bonchev–Trinajstić information content (AvgIpc) is 3.31. The van der Waals surface area contributed by atoms with E-state index in [1.54, 1.807) is 36.9 Å². The minimum atomic E-state index is 0. The number of rotatable bonds is 2. The van der Waals surface area contributed by atoms with E-state index in [2.05, 4.69) is 61.2 Å². The summed E-state index contributed by atoms with van der Waals surface area (Å²) in [6.07, 6.45) is 6.44. The normalized spacial score (nSPS) is 8.64. The van der Waals surface area contributed by atoms with E-state index in [9.17, 15) is 0 Å². The molecule has 25 heavy (non-hydrogen) atoms. The fraction of sp³-hybridized carbons (Fsp3) is 0. The molecule has 0 aliphatic rings. The van der Waals surface area contributed by atoms with Gasteiger partial charge in [0.25, 0.3) is 0 Å². The van der Waals surface area contributed by atoms with Crippen LogP contribution in [0.3, 0.4) is 0 Å². The summed E-state index contributed by atoms with van der Waals surface area (Å²) in [5.74, 6) is 1.59. The van der Waals surface area contributed by atoms with Crippen LogP contribution < -0.4 is 10.3 Å². The number of nitrogens with zero attached hydrogens (tertiary/aromatic N) is 12. The quantitative estimate of drug-likeness (QED) is 0.244. The third-order valence-electron chi connectivity index (χ3n) is 2.17. The van der Waals surface area contributed by atoms with Gasteiger partial charge >= 0.3 is 17.1 Å². The molecule has 0 atom stereocenters. The van der Waals surface area contributed by atoms with Crippen molar-refractivity contribution in [2.24, 2.45) is 0 Å². The zero-order valence-electron chi connectivity index (χ0n) is 12.4. The maximum Gasteiger partial charge on any atom is 2.00 e. The summed E-state index contributed by atoms with van der Waals surface area (Å²) in [4.78, 5) is 15.6. The zero-order chi connectivity index (χ0) is 15.0. The van der Waals surface area contributed by atoms with E-state index in [4.69, 9.17) is 0 Å². The van der Waals surface area contributed by atoms with Gasteiger partial charge in [-0.2, -0.15) is 5.21 Å². The molecule has 0 saturated carbocycles. The molecule has 0 aliphatic heterocycles. The van der Waals surface area contributed by atoms with E-state index < -0.39 is 0 Å². The summed E-state index contributed by atoms with van der Waals surface area (Å²) < 4.78 is 0. The molecule has 0 bridgehead atoms. The van der Waals surface area contributed by atoms with Crippen molar-refractivity contribution in [3.63, 3.8) is 0 Å². The molecule has 14 nitrogen and oxygen atoms in total. The SMILES string of the molecule is [Mn+2].[OH3+].[OH3+].c1cnc(-c2nn[n-]n2)nc1.c1cnc(-c2nnn[n-]2)nc1. The monoisotopic (exact) mass is 387 g/mol. The molecular weight excluding hydrogens is 375 g/mol. The van der Waals surface area contributed by atoms with Crippen molar-refractivity contribution in [1.29, 1.82) is 0 Å². The van der Waals surface area contributed by atoms with Crippen LogP contribution in [0.15, 0.2) is 36.9 Å². The van der Waals surface area contributed by atoms with Crippen LogP contribution in [0.2, 0.25) is 0 Å². The second-order valence-electron chi connectivity index (χ2n) is 3.55. The van der Waals surface area contributed by atoms with Crippen LogP contribution in [-0.4, -0.2) is 50.9 Å². The summed E-state index contributed by atoms with van der Waals surface area (Å²) in [6.45, 7) is 0. The van der Waals surface area contributed by atoms with Gasteiger partial charge in [0.05, 0.1) is 5.82 Å². The molecule has 0 aromatic carbocycles. The molecule has 0 fully saturated rings. The first-order valence-corrected chi connectivity index (χ1v) is 5.85. The Labute approximate surface area is 150 Å². The molecule has 0 spiro atoms. The van der Waals surface area contributed by atoms with Crippen LogP contribution in [0.25, 0.3) is 23.3 Å². The zero-order valence-corrected chi connectivity index (χ0v) is 13.5. The van der Waals surface area contributed by atoms with Gasteiger partial charge in [-0.1, -0.05) is 0 Å². The molecule has 6 N–H and O–H groups in total. The number of aromatic nitrogens is 12. The average molecular weight is 387 g/mol. The summed E-state index contributed by atoms with van der Waals surface area (Å²) in [6, 6.07) is 3.43. The van der Waals surface area contributed by atoms with Gasteiger partial charge < -0.3 is 21.1 Å². The topological polar surface area (TPSA) is 223 Å². The maximum atomic E-state index is 3.91. The molecule has 15 heteroatoms. The first-order valence-electron chi connectivity index (χ1n) is 5.85. The standard InChI is InChI=1S/2C5H3N6.Mn.2H2O/c2*1-2-6-4(7-3-1)5-8-10-11-9-5;;;/h2*1-3H;;2*1H2/q2*-1;+2;;/p+2. The van der Waals surface area contributed by atoms with Gasteiger partial charge in [0.2, 0.25) is 0 Å². The molecule has 0 unspecified atom stereocenters. The minimum absolute atomic E-state index is 0. The van der Waals surface area contributed by atoms with Crippen molar-refractivity contribution in [1.82, 2.24) is 61.2 Å². The summed E-state index contributed by atoms with van der Waals surface area (Å²) >= 11 is 0. The Hall–Kier alpha value is -3.26. The fourth-order valence-corrected chi connectivity index (χ4v) is 1.30. The van der Waals surface area contributed by atoms with Gasteiger partial charge in [0.1, 0.15) is 5.82 Å². The van der Waals surface area contributed by atoms with E-state index in [1.165, 1.54) is 0 Å². The molecule has 4 heterocycles. The Morgan fingerprint density at radius 2 is 1.28 bits per heavy atom. The molecule has 0 amide bonds. The van der Waals surface area contributed by atoms with E-state index >= 15 is 0 Å². The van der Waals surface area contributed by atoms with E-state index in [-0.39, 0.29) is 28.0 Å². The second-order valence-corrected chi connectivity index (χ2v) is 3.55. The molecule has 129 valence electrons. The summed E-state index contributed by atoms with van der Waals surface area (Å²) in [5, 5.41) is 27.6. The van der Waals surface area contributed by atoms with Crippen LogP contribution in [0.4, 0.5) is 0 Å². The van der Waals surface area contributed by atoms with E-state index in [0.29, 0.717) is 23.3 Å². The first kappa shape index (κ1) is 21.7. The third kappa shape index (κ3) is 6.03. The number of hydrogen-bond donors (Lipinski definition) is 0. The van der Waals surface area contributed by atoms with Gasteiger partial charge in [-0.3, -0.25) is 20.7 Å². The molecule has 4 aromatic heterocycles. The number of tetrazole rings is 2. The van der Waals surface area contributed by atoms with E-state index in [1.807, 2.05) is 0 Å².